The third-order valence-electron chi connectivity index (χ3n) is 3.99. The van der Waals surface area contributed by atoms with Crippen molar-refractivity contribution >= 4 is 5.69 Å². The Morgan fingerprint density at radius 1 is 1.10 bits per heavy atom. The van der Waals surface area contributed by atoms with Crippen LogP contribution in [0.3, 0.4) is 0 Å². The third-order valence-corrected chi connectivity index (χ3v) is 3.99. The molecule has 2 aromatic rings. The Balaban J connectivity index is 1.87. The number of hydrogen-bond donors (Lipinski definition) is 1. The van der Waals surface area contributed by atoms with Gasteiger partial charge in [-0.3, -0.25) is 0 Å². The average Bonchev–Trinajstić information content (AvgIpc) is 2.71. The molecular formula is C18H22N2O. The highest BCUT2D eigenvalue weighted by Gasteiger charge is 2.26. The Hall–Kier alpha value is -2.00. The Kier molecular flexibility index (Phi) is 3.84. The van der Waals surface area contributed by atoms with Gasteiger partial charge in [0.25, 0.3) is 0 Å². The van der Waals surface area contributed by atoms with Gasteiger partial charge in [-0.25, -0.2) is 0 Å². The van der Waals surface area contributed by atoms with Crippen LogP contribution in [0.2, 0.25) is 0 Å². The summed E-state index contributed by atoms with van der Waals surface area (Å²) in [6.07, 6.45) is 1.01. The fourth-order valence-corrected chi connectivity index (χ4v) is 2.87. The quantitative estimate of drug-likeness (QED) is 0.940. The Bertz CT molecular complexity index is 595. The molecule has 0 fully saturated rings. The molecule has 0 aromatic heterocycles. The molecule has 0 bridgehead atoms. The highest BCUT2D eigenvalue weighted by atomic mass is 16.5. The van der Waals surface area contributed by atoms with E-state index in [1.165, 1.54) is 0 Å². The summed E-state index contributed by atoms with van der Waals surface area (Å²) in [4.78, 5) is 2.34. The molecule has 3 nitrogen and oxygen atoms in total. The lowest BCUT2D eigenvalue weighted by molar-refractivity contribution is 0.322. The second kappa shape index (κ2) is 5.78. The van der Waals surface area contributed by atoms with E-state index < -0.39 is 5.54 Å². The van der Waals surface area contributed by atoms with Crippen LogP contribution in [0.25, 0.3) is 0 Å². The zero-order chi connectivity index (χ0) is 14.7. The molecule has 1 aliphatic rings. The molecule has 3 heteroatoms. The van der Waals surface area contributed by atoms with Crippen molar-refractivity contribution in [2.75, 3.05) is 24.6 Å². The van der Waals surface area contributed by atoms with Gasteiger partial charge in [-0.1, -0.05) is 42.5 Å². The largest absolute Gasteiger partial charge is 0.491 e. The number of nitrogens with zero attached hydrogens (tertiary/aromatic N) is 1. The third kappa shape index (κ3) is 3.03. The Morgan fingerprint density at radius 2 is 1.81 bits per heavy atom. The fraction of sp³-hybridized carbons (Fsp3) is 0.333. The van der Waals surface area contributed by atoms with Crippen molar-refractivity contribution in [3.05, 3.63) is 60.2 Å². The minimum Gasteiger partial charge on any atom is -0.491 e. The van der Waals surface area contributed by atoms with E-state index in [4.69, 9.17) is 10.5 Å². The van der Waals surface area contributed by atoms with E-state index in [0.717, 1.165) is 43.1 Å². The monoisotopic (exact) mass is 282 g/mol. The van der Waals surface area contributed by atoms with E-state index in [9.17, 15) is 0 Å². The molecule has 21 heavy (non-hydrogen) atoms. The maximum atomic E-state index is 6.59. The summed E-state index contributed by atoms with van der Waals surface area (Å²) in [6, 6.07) is 18.5. The number of hydrogen-bond acceptors (Lipinski definition) is 3. The second-order valence-corrected chi connectivity index (χ2v) is 5.87. The molecule has 1 unspecified atom stereocenters. The van der Waals surface area contributed by atoms with Crippen LogP contribution in [0.15, 0.2) is 54.6 Å². The first-order valence-electron chi connectivity index (χ1n) is 7.48. The predicted molar refractivity (Wildman–Crippen MR) is 86.7 cm³/mol. The lowest BCUT2D eigenvalue weighted by Gasteiger charge is -2.34. The molecule has 0 aliphatic carbocycles. The molecule has 2 N–H and O–H groups in total. The molecule has 1 atom stereocenters. The van der Waals surface area contributed by atoms with Crippen molar-refractivity contribution in [2.24, 2.45) is 5.73 Å². The minimum absolute atomic E-state index is 0.390. The number of benzene rings is 2. The lowest BCUT2D eigenvalue weighted by atomic mass is 9.92. The molecular weight excluding hydrogens is 260 g/mol. The summed E-state index contributed by atoms with van der Waals surface area (Å²) in [5.41, 5.74) is 8.51. The molecule has 0 saturated heterocycles. The van der Waals surface area contributed by atoms with E-state index in [0.29, 0.717) is 0 Å². The van der Waals surface area contributed by atoms with Gasteiger partial charge in [0, 0.05) is 13.1 Å². The molecule has 110 valence electrons. The van der Waals surface area contributed by atoms with Gasteiger partial charge in [0.15, 0.2) is 0 Å². The molecule has 1 heterocycles. The number of fused-ring (bicyclic) bond motifs is 1. The van der Waals surface area contributed by atoms with Gasteiger partial charge in [-0.05, 0) is 31.0 Å². The van der Waals surface area contributed by atoms with Gasteiger partial charge in [-0.2, -0.15) is 0 Å². The fourth-order valence-electron chi connectivity index (χ4n) is 2.87. The summed E-state index contributed by atoms with van der Waals surface area (Å²) in [5, 5.41) is 0. The molecule has 3 rings (SSSR count). The van der Waals surface area contributed by atoms with Crippen molar-refractivity contribution in [3.8, 4) is 5.75 Å². The van der Waals surface area contributed by atoms with Gasteiger partial charge in [0.05, 0.1) is 17.8 Å². The zero-order valence-electron chi connectivity index (χ0n) is 12.5. The lowest BCUT2D eigenvalue weighted by Crippen LogP contribution is -2.45. The van der Waals surface area contributed by atoms with Crippen LogP contribution in [0.5, 0.6) is 5.75 Å². The maximum Gasteiger partial charge on any atom is 0.142 e. The van der Waals surface area contributed by atoms with Crippen molar-refractivity contribution in [3.63, 3.8) is 0 Å². The normalized spacial score (nSPS) is 17.3. The molecule has 0 spiro atoms. The van der Waals surface area contributed by atoms with Crippen molar-refractivity contribution in [1.29, 1.82) is 0 Å². The Morgan fingerprint density at radius 3 is 2.62 bits per heavy atom. The molecule has 2 aromatic carbocycles. The first-order chi connectivity index (χ1) is 10.2. The highest BCUT2D eigenvalue weighted by Crippen LogP contribution is 2.32. The predicted octanol–water partition coefficient (Wildman–Crippen LogP) is 3.15. The molecule has 0 radical (unpaired) electrons. The van der Waals surface area contributed by atoms with Crippen LogP contribution in [0.1, 0.15) is 18.9 Å². The topological polar surface area (TPSA) is 38.5 Å². The zero-order valence-corrected chi connectivity index (χ0v) is 12.5. The van der Waals surface area contributed by atoms with Gasteiger partial charge < -0.3 is 15.4 Å². The summed E-state index contributed by atoms with van der Waals surface area (Å²) in [7, 11) is 0. The number of rotatable bonds is 3. The average molecular weight is 282 g/mol. The van der Waals surface area contributed by atoms with E-state index in [1.54, 1.807) is 0 Å². The number of nitrogens with two attached hydrogens (primary N) is 1. The van der Waals surface area contributed by atoms with Crippen LogP contribution >= 0.6 is 0 Å². The van der Waals surface area contributed by atoms with Crippen LogP contribution in [-0.2, 0) is 5.54 Å². The van der Waals surface area contributed by atoms with Crippen molar-refractivity contribution < 1.29 is 4.74 Å². The maximum absolute atomic E-state index is 6.59. The summed E-state index contributed by atoms with van der Waals surface area (Å²) in [6.45, 7) is 4.60. The summed E-state index contributed by atoms with van der Waals surface area (Å²) < 4.78 is 5.82. The summed E-state index contributed by atoms with van der Waals surface area (Å²) in [5.74, 6) is 0.957. The van der Waals surface area contributed by atoms with E-state index in [2.05, 4.69) is 36.1 Å². The van der Waals surface area contributed by atoms with Crippen LogP contribution < -0.4 is 15.4 Å². The first kappa shape index (κ1) is 14.0. The van der Waals surface area contributed by atoms with E-state index in [1.807, 2.05) is 30.3 Å². The second-order valence-electron chi connectivity index (χ2n) is 5.87. The smallest absolute Gasteiger partial charge is 0.142 e. The Labute approximate surface area is 126 Å². The minimum atomic E-state index is -0.390. The van der Waals surface area contributed by atoms with Gasteiger partial charge in [0.2, 0.25) is 0 Å². The van der Waals surface area contributed by atoms with Crippen LogP contribution in [0.4, 0.5) is 5.69 Å². The van der Waals surface area contributed by atoms with Crippen LogP contribution in [0, 0.1) is 0 Å². The molecule has 0 saturated carbocycles. The number of para-hydroxylation sites is 2. The van der Waals surface area contributed by atoms with E-state index >= 15 is 0 Å². The molecule has 0 amide bonds. The standard InChI is InChI=1S/C18H22N2O/c1-18(19,15-8-3-2-4-9-15)14-20-12-7-13-21-17-11-6-5-10-16(17)20/h2-6,8-11H,7,12-14,19H2,1H3. The highest BCUT2D eigenvalue weighted by molar-refractivity contribution is 5.59. The van der Waals surface area contributed by atoms with E-state index in [-0.39, 0.29) is 0 Å². The number of ether oxygens (including phenoxy) is 1. The van der Waals surface area contributed by atoms with Gasteiger partial charge in [0.1, 0.15) is 5.75 Å². The molecule has 1 aliphatic heterocycles. The SMILES string of the molecule is CC(N)(CN1CCCOc2ccccc21)c1ccccc1. The number of anilines is 1. The van der Waals surface area contributed by atoms with Gasteiger partial charge >= 0.3 is 0 Å². The van der Waals surface area contributed by atoms with Gasteiger partial charge in [-0.15, -0.1) is 0 Å². The van der Waals surface area contributed by atoms with Crippen molar-refractivity contribution in [1.82, 2.24) is 0 Å². The van der Waals surface area contributed by atoms with Crippen LogP contribution in [-0.4, -0.2) is 19.7 Å². The summed E-state index contributed by atoms with van der Waals surface area (Å²) >= 11 is 0. The first-order valence-corrected chi connectivity index (χ1v) is 7.48. The van der Waals surface area contributed by atoms with Crippen molar-refractivity contribution in [2.45, 2.75) is 18.9 Å².